The number of rotatable bonds is 10. The van der Waals surface area contributed by atoms with Gasteiger partial charge < -0.3 is 30.0 Å². The Morgan fingerprint density at radius 3 is 2.03 bits per heavy atom. The number of piperidine rings is 1. The normalized spacial score (nSPS) is 14.7. The molecule has 9 nitrogen and oxygen atoms in total. The summed E-state index contributed by atoms with van der Waals surface area (Å²) < 4.78 is 16.1. The maximum Gasteiger partial charge on any atom is 0.412 e. The lowest BCUT2D eigenvalue weighted by molar-refractivity contribution is -0.170. The largest absolute Gasteiger partial charge is 0.460 e. The van der Waals surface area contributed by atoms with Crippen LogP contribution in [0, 0.1) is 0 Å². The summed E-state index contributed by atoms with van der Waals surface area (Å²) in [6.07, 6.45) is 0.231. The van der Waals surface area contributed by atoms with E-state index < -0.39 is 36.0 Å². The molecule has 1 amide bonds. The molecule has 1 aliphatic heterocycles. The fourth-order valence-corrected chi connectivity index (χ4v) is 4.05. The Hall–Kier alpha value is -3.14. The van der Waals surface area contributed by atoms with Crippen LogP contribution < -0.4 is 5.73 Å². The molecule has 2 aromatic rings. The number of aliphatic hydroxyl groups is 1. The zero-order chi connectivity index (χ0) is 26.0. The number of benzene rings is 2. The first-order valence-corrected chi connectivity index (χ1v) is 12.2. The molecular formula is C27H35ClN2O7. The predicted octanol–water partition coefficient (Wildman–Crippen LogP) is 3.51. The van der Waals surface area contributed by atoms with Crippen LogP contribution >= 0.6 is 12.4 Å². The van der Waals surface area contributed by atoms with E-state index in [0.717, 1.165) is 6.42 Å². The molecule has 1 unspecified atom stereocenters. The van der Waals surface area contributed by atoms with E-state index >= 15 is 0 Å². The highest BCUT2D eigenvalue weighted by molar-refractivity contribution is 5.86. The third kappa shape index (κ3) is 8.18. The number of esters is 2. The molecule has 1 fully saturated rings. The molecule has 1 atom stereocenters. The Bertz CT molecular complexity index is 959. The minimum absolute atomic E-state index is 0. The molecule has 37 heavy (non-hydrogen) atoms. The van der Waals surface area contributed by atoms with E-state index in [2.05, 4.69) is 0 Å². The van der Waals surface area contributed by atoms with Gasteiger partial charge in [0, 0.05) is 39.3 Å². The van der Waals surface area contributed by atoms with Crippen LogP contribution in [0.1, 0.15) is 50.2 Å². The smallest absolute Gasteiger partial charge is 0.412 e. The number of hydrogen-bond acceptors (Lipinski definition) is 8. The maximum absolute atomic E-state index is 13.3. The second-order valence-corrected chi connectivity index (χ2v) is 8.72. The summed E-state index contributed by atoms with van der Waals surface area (Å²) in [5, 5.41) is 11.5. The van der Waals surface area contributed by atoms with Crippen LogP contribution in [-0.4, -0.2) is 60.1 Å². The number of carbonyl (C=O) groups excluding carboxylic acids is 3. The summed E-state index contributed by atoms with van der Waals surface area (Å²) >= 11 is 0. The zero-order valence-corrected chi connectivity index (χ0v) is 21.7. The summed E-state index contributed by atoms with van der Waals surface area (Å²) in [5.41, 5.74) is 4.27. The van der Waals surface area contributed by atoms with Crippen molar-refractivity contribution in [3.8, 4) is 0 Å². The van der Waals surface area contributed by atoms with E-state index in [1.165, 1.54) is 11.8 Å². The van der Waals surface area contributed by atoms with E-state index in [-0.39, 0.29) is 18.8 Å². The summed E-state index contributed by atoms with van der Waals surface area (Å²) in [6.45, 7) is 2.58. The molecule has 1 aliphatic rings. The van der Waals surface area contributed by atoms with E-state index in [4.69, 9.17) is 19.9 Å². The highest BCUT2D eigenvalue weighted by Gasteiger charge is 2.43. The van der Waals surface area contributed by atoms with Gasteiger partial charge in [0.2, 0.25) is 11.9 Å². The SMILES string of the molecule is CC(OC(=O)CCCCN)OC(=O)N1CCC(OC(=O)C(O)(c2ccccc2)c2ccccc2)CC1.Cl. The van der Waals surface area contributed by atoms with E-state index in [1.54, 1.807) is 60.7 Å². The van der Waals surface area contributed by atoms with Crippen molar-refractivity contribution in [2.24, 2.45) is 5.73 Å². The molecule has 202 valence electrons. The van der Waals surface area contributed by atoms with Gasteiger partial charge in [-0.25, -0.2) is 9.59 Å². The predicted molar refractivity (Wildman–Crippen MR) is 139 cm³/mol. The molecule has 10 heteroatoms. The fraction of sp³-hybridized carbons (Fsp3) is 0.444. The van der Waals surface area contributed by atoms with Crippen LogP contribution in [0.2, 0.25) is 0 Å². The number of amides is 1. The van der Waals surface area contributed by atoms with Gasteiger partial charge in [-0.15, -0.1) is 12.4 Å². The minimum atomic E-state index is -1.96. The van der Waals surface area contributed by atoms with Crippen molar-refractivity contribution < 1.29 is 33.7 Å². The molecule has 0 saturated carbocycles. The van der Waals surface area contributed by atoms with Crippen molar-refractivity contribution in [2.45, 2.75) is 57.0 Å². The molecule has 3 N–H and O–H groups in total. The summed E-state index contributed by atoms with van der Waals surface area (Å²) in [5.74, 6) is -1.21. The summed E-state index contributed by atoms with van der Waals surface area (Å²) in [7, 11) is 0. The second-order valence-electron chi connectivity index (χ2n) is 8.72. The molecule has 1 heterocycles. The number of nitrogens with two attached hydrogens (primary N) is 1. The molecule has 0 aromatic heterocycles. The maximum atomic E-state index is 13.3. The monoisotopic (exact) mass is 534 g/mol. The van der Waals surface area contributed by atoms with Gasteiger partial charge in [0.05, 0.1) is 0 Å². The average Bonchev–Trinajstić information content (AvgIpc) is 2.89. The lowest BCUT2D eigenvalue weighted by atomic mass is 9.86. The molecule has 0 radical (unpaired) electrons. The van der Waals surface area contributed by atoms with Crippen molar-refractivity contribution in [3.05, 3.63) is 71.8 Å². The first-order chi connectivity index (χ1) is 17.3. The Labute approximate surface area is 223 Å². The van der Waals surface area contributed by atoms with Crippen LogP contribution in [0.4, 0.5) is 4.79 Å². The Morgan fingerprint density at radius 1 is 0.973 bits per heavy atom. The van der Waals surface area contributed by atoms with Gasteiger partial charge in [0.25, 0.3) is 0 Å². The van der Waals surface area contributed by atoms with Crippen LogP contribution in [0.3, 0.4) is 0 Å². The summed E-state index contributed by atoms with van der Waals surface area (Å²) in [6, 6.07) is 17.3. The van der Waals surface area contributed by atoms with Crippen molar-refractivity contribution in [1.29, 1.82) is 0 Å². The molecule has 2 aromatic carbocycles. The minimum Gasteiger partial charge on any atom is -0.460 e. The lowest BCUT2D eigenvalue weighted by Crippen LogP contribution is -2.45. The van der Waals surface area contributed by atoms with Crippen LogP contribution in [-0.2, 0) is 29.4 Å². The van der Waals surface area contributed by atoms with Crippen molar-refractivity contribution in [3.63, 3.8) is 0 Å². The Balaban J connectivity index is 0.00000481. The Morgan fingerprint density at radius 2 is 1.51 bits per heavy atom. The molecule has 3 rings (SSSR count). The number of ether oxygens (including phenoxy) is 3. The van der Waals surface area contributed by atoms with Crippen LogP contribution in [0.15, 0.2) is 60.7 Å². The van der Waals surface area contributed by atoms with Gasteiger partial charge in [-0.05, 0) is 30.5 Å². The average molecular weight is 535 g/mol. The number of halogens is 1. The molecule has 0 aliphatic carbocycles. The third-order valence-corrected chi connectivity index (χ3v) is 6.05. The van der Waals surface area contributed by atoms with Gasteiger partial charge in [-0.1, -0.05) is 60.7 Å². The third-order valence-electron chi connectivity index (χ3n) is 6.05. The fourth-order valence-electron chi connectivity index (χ4n) is 4.05. The first-order valence-electron chi connectivity index (χ1n) is 12.2. The zero-order valence-electron chi connectivity index (χ0n) is 20.9. The van der Waals surface area contributed by atoms with Crippen LogP contribution in [0.25, 0.3) is 0 Å². The number of unbranched alkanes of at least 4 members (excludes halogenated alkanes) is 1. The van der Waals surface area contributed by atoms with Gasteiger partial charge in [-0.2, -0.15) is 0 Å². The topological polar surface area (TPSA) is 128 Å². The van der Waals surface area contributed by atoms with Crippen molar-refractivity contribution >= 4 is 30.4 Å². The quantitative estimate of drug-likeness (QED) is 0.269. The lowest BCUT2D eigenvalue weighted by Gasteiger charge is -2.34. The molecular weight excluding hydrogens is 500 g/mol. The van der Waals surface area contributed by atoms with E-state index in [1.807, 2.05) is 0 Å². The summed E-state index contributed by atoms with van der Waals surface area (Å²) in [4.78, 5) is 39.0. The second kappa shape index (κ2) is 14.6. The standard InChI is InChI=1S/C27H34N2O7.ClH/c1-20(34-24(30)14-8-9-17-28)35-26(32)29-18-15-23(16-19-29)36-25(31)27(33,21-10-4-2-5-11-21)22-12-6-3-7-13-22;/h2-7,10-13,20,23,33H,8-9,14-19,28H2,1H3;1H. The highest BCUT2D eigenvalue weighted by atomic mass is 35.5. The number of carbonyl (C=O) groups is 3. The van der Waals surface area contributed by atoms with Crippen molar-refractivity contribution in [1.82, 2.24) is 4.90 Å². The van der Waals surface area contributed by atoms with Crippen molar-refractivity contribution in [2.75, 3.05) is 19.6 Å². The van der Waals surface area contributed by atoms with E-state index in [9.17, 15) is 19.5 Å². The molecule has 1 saturated heterocycles. The van der Waals surface area contributed by atoms with Gasteiger partial charge in [0.15, 0.2) is 0 Å². The number of nitrogens with zero attached hydrogens (tertiary/aromatic N) is 1. The molecule has 0 spiro atoms. The van der Waals surface area contributed by atoms with Gasteiger partial charge in [-0.3, -0.25) is 4.79 Å². The first kappa shape index (κ1) is 30.1. The highest BCUT2D eigenvalue weighted by Crippen LogP contribution is 2.32. The van der Waals surface area contributed by atoms with Crippen LogP contribution in [0.5, 0.6) is 0 Å². The number of hydrogen-bond donors (Lipinski definition) is 2. The molecule has 0 bridgehead atoms. The van der Waals surface area contributed by atoms with E-state index in [0.29, 0.717) is 50.0 Å². The number of likely N-dealkylation sites (tertiary alicyclic amines) is 1. The van der Waals surface area contributed by atoms with Gasteiger partial charge >= 0.3 is 18.0 Å². The van der Waals surface area contributed by atoms with Gasteiger partial charge in [0.1, 0.15) is 6.10 Å². The Kier molecular flexibility index (Phi) is 11.8.